The highest BCUT2D eigenvalue weighted by Crippen LogP contribution is 2.22. The molecule has 1 aromatic carbocycles. The van der Waals surface area contributed by atoms with Crippen molar-refractivity contribution in [2.24, 2.45) is 0 Å². The molecule has 0 bridgehead atoms. The predicted octanol–water partition coefficient (Wildman–Crippen LogP) is 2.22. The summed E-state index contributed by atoms with van der Waals surface area (Å²) in [5.74, 6) is 0.852. The molecule has 1 saturated heterocycles. The summed E-state index contributed by atoms with van der Waals surface area (Å²) >= 11 is 0. The van der Waals surface area contributed by atoms with Crippen LogP contribution in [0.5, 0.6) is 0 Å². The molecule has 1 aliphatic rings. The molecule has 0 spiro atoms. The Bertz CT molecular complexity index is 827. The molecule has 1 aliphatic heterocycles. The molecule has 6 heteroatoms. The average Bonchev–Trinajstić information content (AvgIpc) is 3.24. The Morgan fingerprint density at radius 1 is 0.846 bits per heavy atom. The second kappa shape index (κ2) is 7.39. The van der Waals surface area contributed by atoms with Gasteiger partial charge < -0.3 is 14.4 Å². The van der Waals surface area contributed by atoms with E-state index < -0.39 is 0 Å². The Morgan fingerprint density at radius 3 is 2.15 bits per heavy atom. The summed E-state index contributed by atoms with van der Waals surface area (Å²) in [6.45, 7) is 2.81. The van der Waals surface area contributed by atoms with Crippen LogP contribution in [0.15, 0.2) is 73.3 Å². The first-order chi connectivity index (χ1) is 12.8. The third-order valence-corrected chi connectivity index (χ3v) is 4.70. The Balaban J connectivity index is 1.51. The van der Waals surface area contributed by atoms with Crippen LogP contribution in [0.3, 0.4) is 0 Å². The van der Waals surface area contributed by atoms with Crippen molar-refractivity contribution in [3.05, 3.63) is 78.9 Å². The third kappa shape index (κ3) is 3.31. The van der Waals surface area contributed by atoms with Crippen molar-refractivity contribution in [3.8, 4) is 0 Å². The molecule has 2 aromatic heterocycles. The molecule has 0 saturated carbocycles. The highest BCUT2D eigenvalue weighted by atomic mass is 16.2. The van der Waals surface area contributed by atoms with E-state index in [1.165, 1.54) is 0 Å². The molecule has 1 fully saturated rings. The molecule has 3 aromatic rings. The zero-order valence-electron chi connectivity index (χ0n) is 14.5. The van der Waals surface area contributed by atoms with Gasteiger partial charge in [-0.2, -0.15) is 0 Å². The Hall–Kier alpha value is -3.15. The number of hydrogen-bond acceptors (Lipinski definition) is 4. The van der Waals surface area contributed by atoms with E-state index in [9.17, 15) is 4.79 Å². The number of carbonyl (C=O) groups excluding carboxylic acids is 1. The van der Waals surface area contributed by atoms with Gasteiger partial charge in [0, 0.05) is 51.0 Å². The fourth-order valence-electron chi connectivity index (χ4n) is 3.35. The second-order valence-corrected chi connectivity index (χ2v) is 6.30. The largest absolute Gasteiger partial charge is 0.338 e. The van der Waals surface area contributed by atoms with Gasteiger partial charge in [-0.15, -0.1) is 0 Å². The molecule has 0 N–H and O–H groups in total. The molecule has 0 unspecified atom stereocenters. The van der Waals surface area contributed by atoms with E-state index in [1.807, 2.05) is 70.4 Å². The number of hydrogen-bond donors (Lipinski definition) is 0. The van der Waals surface area contributed by atoms with Crippen LogP contribution in [-0.2, 0) is 4.79 Å². The number of nitrogens with zero attached hydrogens (tertiary/aromatic N) is 5. The molecule has 0 aliphatic carbocycles. The molecule has 132 valence electrons. The van der Waals surface area contributed by atoms with Gasteiger partial charge in [-0.25, -0.2) is 9.97 Å². The van der Waals surface area contributed by atoms with Gasteiger partial charge in [0.15, 0.2) is 0 Å². The summed E-state index contributed by atoms with van der Waals surface area (Å²) in [4.78, 5) is 26.0. The summed E-state index contributed by atoms with van der Waals surface area (Å²) in [5, 5.41) is 0. The molecular weight excluding hydrogens is 326 g/mol. The number of piperazine rings is 1. The number of anilines is 1. The summed E-state index contributed by atoms with van der Waals surface area (Å²) < 4.78 is 1.98. The van der Waals surface area contributed by atoms with Crippen LogP contribution < -0.4 is 4.90 Å². The molecular formula is C20H21N5O. The minimum atomic E-state index is -0.328. The number of carbonyl (C=O) groups is 1. The van der Waals surface area contributed by atoms with Crippen LogP contribution in [0.2, 0.25) is 0 Å². The van der Waals surface area contributed by atoms with Crippen molar-refractivity contribution in [1.82, 2.24) is 19.4 Å². The summed E-state index contributed by atoms with van der Waals surface area (Å²) in [5.41, 5.74) is 1.00. The number of amides is 1. The van der Waals surface area contributed by atoms with E-state index in [0.29, 0.717) is 13.1 Å². The van der Waals surface area contributed by atoms with E-state index >= 15 is 0 Å². The highest BCUT2D eigenvalue weighted by molar-refractivity contribution is 5.84. The monoisotopic (exact) mass is 347 g/mol. The lowest BCUT2D eigenvalue weighted by atomic mass is 10.0. The van der Waals surface area contributed by atoms with Gasteiger partial charge >= 0.3 is 0 Å². The lowest BCUT2D eigenvalue weighted by molar-refractivity contribution is -0.133. The van der Waals surface area contributed by atoms with Crippen molar-refractivity contribution in [2.45, 2.75) is 6.04 Å². The van der Waals surface area contributed by atoms with Gasteiger partial charge in [0.1, 0.15) is 6.04 Å². The van der Waals surface area contributed by atoms with E-state index in [4.69, 9.17) is 0 Å². The van der Waals surface area contributed by atoms with Gasteiger partial charge in [-0.3, -0.25) is 4.79 Å². The van der Waals surface area contributed by atoms with Gasteiger partial charge in [-0.05, 0) is 23.8 Å². The Morgan fingerprint density at radius 2 is 1.50 bits per heavy atom. The normalized spacial score (nSPS) is 15.7. The van der Waals surface area contributed by atoms with Crippen molar-refractivity contribution >= 4 is 11.9 Å². The SMILES string of the molecule is O=C([C@@H](c1ccccc1)n1cccc1)N1CCN(c2ncccn2)CC1. The molecule has 6 nitrogen and oxygen atoms in total. The average molecular weight is 347 g/mol. The summed E-state index contributed by atoms with van der Waals surface area (Å²) in [6, 6.07) is 15.3. The fourth-order valence-corrected chi connectivity index (χ4v) is 3.35. The summed E-state index contributed by atoms with van der Waals surface area (Å²) in [7, 11) is 0. The first-order valence-corrected chi connectivity index (χ1v) is 8.81. The maximum atomic E-state index is 13.3. The molecule has 3 heterocycles. The molecule has 4 rings (SSSR count). The van der Waals surface area contributed by atoms with Crippen LogP contribution in [0.4, 0.5) is 5.95 Å². The number of benzene rings is 1. The minimum absolute atomic E-state index is 0.126. The minimum Gasteiger partial charge on any atom is -0.338 e. The molecule has 1 amide bonds. The number of rotatable bonds is 4. The lowest BCUT2D eigenvalue weighted by Gasteiger charge is -2.36. The van der Waals surface area contributed by atoms with Gasteiger partial charge in [0.2, 0.25) is 11.9 Å². The standard InChI is InChI=1S/C20H21N5O/c26-19(18(23-11-4-5-12-23)17-7-2-1-3-8-17)24-13-15-25(16-14-24)20-21-9-6-10-22-20/h1-12,18H,13-16H2/t18-/m1/s1. The van der Waals surface area contributed by atoms with E-state index in [0.717, 1.165) is 24.6 Å². The van der Waals surface area contributed by atoms with Crippen molar-refractivity contribution in [1.29, 1.82) is 0 Å². The third-order valence-electron chi connectivity index (χ3n) is 4.70. The van der Waals surface area contributed by atoms with Gasteiger partial charge in [0.05, 0.1) is 0 Å². The van der Waals surface area contributed by atoms with Crippen LogP contribution >= 0.6 is 0 Å². The highest BCUT2D eigenvalue weighted by Gasteiger charge is 2.29. The first-order valence-electron chi connectivity index (χ1n) is 8.81. The quantitative estimate of drug-likeness (QED) is 0.726. The second-order valence-electron chi connectivity index (χ2n) is 6.30. The molecule has 1 atom stereocenters. The van der Waals surface area contributed by atoms with E-state index in [1.54, 1.807) is 12.4 Å². The number of aromatic nitrogens is 3. The Labute approximate surface area is 152 Å². The van der Waals surface area contributed by atoms with Crippen LogP contribution in [0.25, 0.3) is 0 Å². The fraction of sp³-hybridized carbons (Fsp3) is 0.250. The van der Waals surface area contributed by atoms with Crippen LogP contribution in [-0.4, -0.2) is 51.5 Å². The first kappa shape index (κ1) is 16.3. The Kier molecular flexibility index (Phi) is 4.64. The zero-order chi connectivity index (χ0) is 17.8. The molecule has 26 heavy (non-hydrogen) atoms. The van der Waals surface area contributed by atoms with Crippen LogP contribution in [0, 0.1) is 0 Å². The summed E-state index contributed by atoms with van der Waals surface area (Å²) in [6.07, 6.45) is 7.39. The molecule has 0 radical (unpaired) electrons. The van der Waals surface area contributed by atoms with Crippen molar-refractivity contribution in [2.75, 3.05) is 31.1 Å². The maximum absolute atomic E-state index is 13.3. The van der Waals surface area contributed by atoms with Gasteiger partial charge in [-0.1, -0.05) is 30.3 Å². The smallest absolute Gasteiger partial charge is 0.250 e. The van der Waals surface area contributed by atoms with Crippen molar-refractivity contribution < 1.29 is 4.79 Å². The van der Waals surface area contributed by atoms with Crippen LogP contribution in [0.1, 0.15) is 11.6 Å². The zero-order valence-corrected chi connectivity index (χ0v) is 14.5. The lowest BCUT2D eigenvalue weighted by Crippen LogP contribution is -2.51. The van der Waals surface area contributed by atoms with Gasteiger partial charge in [0.25, 0.3) is 0 Å². The van der Waals surface area contributed by atoms with E-state index in [-0.39, 0.29) is 11.9 Å². The van der Waals surface area contributed by atoms with Crippen molar-refractivity contribution in [3.63, 3.8) is 0 Å². The maximum Gasteiger partial charge on any atom is 0.250 e. The predicted molar refractivity (Wildman–Crippen MR) is 99.8 cm³/mol. The topological polar surface area (TPSA) is 54.3 Å². The van der Waals surface area contributed by atoms with E-state index in [2.05, 4.69) is 14.9 Å².